The fourth-order valence-corrected chi connectivity index (χ4v) is 6.29. The van der Waals surface area contributed by atoms with E-state index in [0.717, 1.165) is 5.56 Å². The molecule has 0 aliphatic carbocycles. The minimum Gasteiger partial charge on any atom is -0.494 e. The zero-order valence-corrected chi connectivity index (χ0v) is 20.0. The van der Waals surface area contributed by atoms with E-state index >= 15 is 0 Å². The van der Waals surface area contributed by atoms with Crippen molar-refractivity contribution < 1.29 is 21.6 Å². The van der Waals surface area contributed by atoms with E-state index in [1.54, 1.807) is 24.3 Å². The van der Waals surface area contributed by atoms with E-state index in [-0.39, 0.29) is 41.4 Å². The molecule has 0 amide bonds. The van der Waals surface area contributed by atoms with E-state index < -0.39 is 20.0 Å². The van der Waals surface area contributed by atoms with Crippen molar-refractivity contribution in [3.8, 4) is 5.75 Å². The van der Waals surface area contributed by atoms with Crippen LogP contribution in [0.2, 0.25) is 0 Å². The number of sulfonamides is 2. The molecule has 2 aromatic carbocycles. The number of ether oxygens (including phenoxy) is 1. The van der Waals surface area contributed by atoms with Crippen LogP contribution in [0.3, 0.4) is 0 Å². The summed E-state index contributed by atoms with van der Waals surface area (Å²) in [6.07, 6.45) is 0. The maximum absolute atomic E-state index is 13.0. The SMILES string of the molecule is CCOc1ccc(S(=O)(=O)N2CCN(S(=O)(=O)c3ccc(C(C)(C)C)cc3)CC2)cc1. The molecular weight excluding hydrogens is 436 g/mol. The van der Waals surface area contributed by atoms with Crippen LogP contribution >= 0.6 is 0 Å². The van der Waals surface area contributed by atoms with Crippen LogP contribution in [0, 0.1) is 0 Å². The molecular formula is C22H30N2O5S2. The maximum atomic E-state index is 13.0. The quantitative estimate of drug-likeness (QED) is 0.653. The third-order valence-electron chi connectivity index (χ3n) is 5.33. The monoisotopic (exact) mass is 466 g/mol. The predicted molar refractivity (Wildman–Crippen MR) is 120 cm³/mol. The molecule has 9 heteroatoms. The summed E-state index contributed by atoms with van der Waals surface area (Å²) in [7, 11) is -7.37. The van der Waals surface area contributed by atoms with Crippen LogP contribution < -0.4 is 4.74 Å². The molecule has 0 radical (unpaired) electrons. The van der Waals surface area contributed by atoms with Crippen molar-refractivity contribution in [1.82, 2.24) is 8.61 Å². The average molecular weight is 467 g/mol. The summed E-state index contributed by atoms with van der Waals surface area (Å²) in [6.45, 7) is 9.00. The van der Waals surface area contributed by atoms with E-state index in [4.69, 9.17) is 4.74 Å². The summed E-state index contributed by atoms with van der Waals surface area (Å²) >= 11 is 0. The standard InChI is InChI=1S/C22H30N2O5S2/c1-5-29-19-8-12-21(13-9-19)31(27,28)24-16-14-23(15-17-24)30(25,26)20-10-6-18(7-11-20)22(2,3)4/h6-13H,5,14-17H2,1-4H3. The Bertz CT molecular complexity index is 1100. The molecule has 3 rings (SSSR count). The lowest BCUT2D eigenvalue weighted by Crippen LogP contribution is -2.50. The van der Waals surface area contributed by atoms with Gasteiger partial charge in [-0.05, 0) is 54.3 Å². The van der Waals surface area contributed by atoms with E-state index in [1.165, 1.54) is 20.7 Å². The summed E-state index contributed by atoms with van der Waals surface area (Å²) in [5.41, 5.74) is 0.987. The Morgan fingerprint density at radius 2 is 1.13 bits per heavy atom. The topological polar surface area (TPSA) is 84.0 Å². The highest BCUT2D eigenvalue weighted by Crippen LogP contribution is 2.26. The first kappa shape index (κ1) is 23.7. The molecule has 31 heavy (non-hydrogen) atoms. The number of rotatable bonds is 6. The smallest absolute Gasteiger partial charge is 0.243 e. The molecule has 1 saturated heterocycles. The number of hydrogen-bond donors (Lipinski definition) is 0. The van der Waals surface area contributed by atoms with Gasteiger partial charge in [0.05, 0.1) is 16.4 Å². The average Bonchev–Trinajstić information content (AvgIpc) is 2.74. The van der Waals surface area contributed by atoms with E-state index in [1.807, 2.05) is 19.1 Å². The molecule has 0 bridgehead atoms. The van der Waals surface area contributed by atoms with Crippen molar-refractivity contribution in [1.29, 1.82) is 0 Å². The van der Waals surface area contributed by atoms with Crippen LogP contribution in [0.5, 0.6) is 5.75 Å². The van der Waals surface area contributed by atoms with Gasteiger partial charge in [-0.2, -0.15) is 8.61 Å². The molecule has 0 N–H and O–H groups in total. The third-order valence-corrected chi connectivity index (χ3v) is 9.15. The Morgan fingerprint density at radius 3 is 1.48 bits per heavy atom. The molecule has 2 aromatic rings. The van der Waals surface area contributed by atoms with Gasteiger partial charge in [0.25, 0.3) is 0 Å². The molecule has 1 heterocycles. The first-order chi connectivity index (χ1) is 14.5. The van der Waals surface area contributed by atoms with E-state index in [9.17, 15) is 16.8 Å². The zero-order valence-electron chi connectivity index (χ0n) is 18.4. The fraction of sp³-hybridized carbons (Fsp3) is 0.455. The van der Waals surface area contributed by atoms with Crippen LogP contribution in [0.15, 0.2) is 58.3 Å². The molecule has 170 valence electrons. The highest BCUT2D eigenvalue weighted by Gasteiger charge is 2.33. The van der Waals surface area contributed by atoms with Gasteiger partial charge in [-0.25, -0.2) is 16.8 Å². The Kier molecular flexibility index (Phi) is 6.81. The lowest BCUT2D eigenvalue weighted by molar-refractivity contribution is 0.273. The van der Waals surface area contributed by atoms with Crippen molar-refractivity contribution in [2.75, 3.05) is 32.8 Å². The number of piperazine rings is 1. The first-order valence-corrected chi connectivity index (χ1v) is 13.2. The molecule has 0 unspecified atom stereocenters. The molecule has 0 spiro atoms. The molecule has 7 nitrogen and oxygen atoms in total. The van der Waals surface area contributed by atoms with Gasteiger partial charge in [0.15, 0.2) is 0 Å². The molecule has 1 aliphatic rings. The summed E-state index contributed by atoms with van der Waals surface area (Å²) in [6, 6.07) is 13.2. The van der Waals surface area contributed by atoms with Crippen molar-refractivity contribution in [2.24, 2.45) is 0 Å². The molecule has 0 saturated carbocycles. The highest BCUT2D eigenvalue weighted by atomic mass is 32.2. The van der Waals surface area contributed by atoms with Crippen molar-refractivity contribution in [3.63, 3.8) is 0 Å². The van der Waals surface area contributed by atoms with Gasteiger partial charge in [0.2, 0.25) is 20.0 Å². The Labute approximate surface area is 185 Å². The molecule has 0 aromatic heterocycles. The van der Waals surface area contributed by atoms with Gasteiger partial charge in [0, 0.05) is 26.2 Å². The van der Waals surface area contributed by atoms with Gasteiger partial charge < -0.3 is 4.74 Å². The van der Waals surface area contributed by atoms with Crippen molar-refractivity contribution in [2.45, 2.75) is 42.9 Å². The lowest BCUT2D eigenvalue weighted by Gasteiger charge is -2.33. The van der Waals surface area contributed by atoms with E-state index in [0.29, 0.717) is 12.4 Å². The lowest BCUT2D eigenvalue weighted by atomic mass is 9.87. The van der Waals surface area contributed by atoms with E-state index in [2.05, 4.69) is 20.8 Å². The van der Waals surface area contributed by atoms with Crippen LogP contribution in [-0.2, 0) is 25.5 Å². The van der Waals surface area contributed by atoms with Crippen LogP contribution in [0.1, 0.15) is 33.3 Å². The van der Waals surface area contributed by atoms with Crippen LogP contribution in [-0.4, -0.2) is 58.2 Å². The maximum Gasteiger partial charge on any atom is 0.243 e. The number of nitrogens with zero attached hydrogens (tertiary/aromatic N) is 2. The normalized spacial score (nSPS) is 16.9. The van der Waals surface area contributed by atoms with Crippen LogP contribution in [0.25, 0.3) is 0 Å². The van der Waals surface area contributed by atoms with Crippen molar-refractivity contribution in [3.05, 3.63) is 54.1 Å². The largest absolute Gasteiger partial charge is 0.494 e. The minimum atomic E-state index is -3.69. The second kappa shape index (κ2) is 8.90. The number of benzene rings is 2. The minimum absolute atomic E-state index is 0.0663. The third kappa shape index (κ3) is 5.11. The van der Waals surface area contributed by atoms with Gasteiger partial charge in [0.1, 0.15) is 5.75 Å². The summed E-state index contributed by atoms with van der Waals surface area (Å²) in [4.78, 5) is 0.397. The van der Waals surface area contributed by atoms with Gasteiger partial charge in [-0.1, -0.05) is 32.9 Å². The molecule has 1 fully saturated rings. The second-order valence-corrected chi connectivity index (χ2v) is 12.4. The Hall–Kier alpha value is -1.94. The second-order valence-electron chi connectivity index (χ2n) is 8.49. The predicted octanol–water partition coefficient (Wildman–Crippen LogP) is 3.08. The Balaban J connectivity index is 1.70. The van der Waals surface area contributed by atoms with Gasteiger partial charge >= 0.3 is 0 Å². The highest BCUT2D eigenvalue weighted by molar-refractivity contribution is 7.89. The van der Waals surface area contributed by atoms with Gasteiger partial charge in [-0.15, -0.1) is 0 Å². The van der Waals surface area contributed by atoms with Crippen LogP contribution in [0.4, 0.5) is 0 Å². The van der Waals surface area contributed by atoms with Gasteiger partial charge in [-0.3, -0.25) is 0 Å². The Morgan fingerprint density at radius 1 is 0.742 bits per heavy atom. The summed E-state index contributed by atoms with van der Waals surface area (Å²) < 4.78 is 59.9. The molecule has 1 aliphatic heterocycles. The summed E-state index contributed by atoms with van der Waals surface area (Å²) in [5, 5.41) is 0. The molecule has 0 atom stereocenters. The zero-order chi connectivity index (χ0) is 22.9. The number of hydrogen-bond acceptors (Lipinski definition) is 5. The first-order valence-electron chi connectivity index (χ1n) is 10.3. The fourth-order valence-electron chi connectivity index (χ4n) is 3.45. The summed E-state index contributed by atoms with van der Waals surface area (Å²) in [5.74, 6) is 0.606. The van der Waals surface area contributed by atoms with Crippen molar-refractivity contribution >= 4 is 20.0 Å².